The lowest BCUT2D eigenvalue weighted by atomic mass is 10.2. The summed E-state index contributed by atoms with van der Waals surface area (Å²) in [6, 6.07) is 5.96. The van der Waals surface area contributed by atoms with Crippen LogP contribution in [0.15, 0.2) is 22.7 Å². The van der Waals surface area contributed by atoms with E-state index < -0.39 is 0 Å². The lowest BCUT2D eigenvalue weighted by molar-refractivity contribution is -0.117. The van der Waals surface area contributed by atoms with E-state index in [1.165, 1.54) is 0 Å². The monoisotopic (exact) mass is 285 g/mol. The first kappa shape index (κ1) is 11.0. The highest BCUT2D eigenvalue weighted by Crippen LogP contribution is 2.27. The molecule has 0 aliphatic carbocycles. The third-order valence-corrected chi connectivity index (χ3v) is 3.79. The van der Waals surface area contributed by atoms with Crippen molar-refractivity contribution in [1.29, 1.82) is 0 Å². The molecule has 1 aromatic rings. The van der Waals surface area contributed by atoms with E-state index in [-0.39, 0.29) is 11.2 Å². The molecule has 4 heteroatoms. The molecule has 15 heavy (non-hydrogen) atoms. The normalized spacial score (nSPS) is 21.1. The van der Waals surface area contributed by atoms with Crippen LogP contribution in [0.2, 0.25) is 0 Å². The van der Waals surface area contributed by atoms with Crippen LogP contribution in [0.1, 0.15) is 12.0 Å². The predicted molar refractivity (Wildman–Crippen MR) is 68.6 cm³/mol. The highest BCUT2D eigenvalue weighted by atomic mass is 79.9. The number of anilines is 1. The molecule has 0 bridgehead atoms. The minimum Gasteiger partial charge on any atom is -0.311 e. The zero-order chi connectivity index (χ0) is 11.0. The van der Waals surface area contributed by atoms with Crippen molar-refractivity contribution in [3.8, 4) is 0 Å². The Labute approximate surface area is 103 Å². The molecule has 1 aromatic carbocycles. The van der Waals surface area contributed by atoms with Gasteiger partial charge in [0.1, 0.15) is 0 Å². The molecule has 1 atom stereocenters. The summed E-state index contributed by atoms with van der Waals surface area (Å²) in [5.41, 5.74) is 2.11. The lowest BCUT2D eigenvalue weighted by Gasteiger charge is -2.16. The topological polar surface area (TPSA) is 20.3 Å². The molecule has 2 nitrogen and oxygen atoms in total. The van der Waals surface area contributed by atoms with Crippen molar-refractivity contribution in [3.63, 3.8) is 0 Å². The Balaban J connectivity index is 2.30. The maximum atomic E-state index is 11.6. The first-order valence-corrected chi connectivity index (χ1v) is 6.13. The Kier molecular flexibility index (Phi) is 3.07. The second-order valence-corrected chi connectivity index (χ2v) is 5.38. The van der Waals surface area contributed by atoms with Crippen LogP contribution in [0.25, 0.3) is 0 Å². The van der Waals surface area contributed by atoms with Crippen LogP contribution in [0.5, 0.6) is 0 Å². The van der Waals surface area contributed by atoms with Gasteiger partial charge in [-0.1, -0.05) is 15.9 Å². The molecule has 1 fully saturated rings. The van der Waals surface area contributed by atoms with Gasteiger partial charge in [-0.2, -0.15) is 12.6 Å². The molecule has 1 saturated heterocycles. The summed E-state index contributed by atoms with van der Waals surface area (Å²) in [5, 5.41) is 0.168. The van der Waals surface area contributed by atoms with Gasteiger partial charge in [0, 0.05) is 28.4 Å². The average molecular weight is 286 g/mol. The van der Waals surface area contributed by atoms with Gasteiger partial charge in [0.15, 0.2) is 0 Å². The highest BCUT2D eigenvalue weighted by Gasteiger charge is 2.28. The second-order valence-electron chi connectivity index (χ2n) is 3.80. The van der Waals surface area contributed by atoms with Crippen molar-refractivity contribution in [3.05, 3.63) is 28.2 Å². The van der Waals surface area contributed by atoms with E-state index in [1.807, 2.05) is 25.1 Å². The molecule has 0 N–H and O–H groups in total. The van der Waals surface area contributed by atoms with Crippen molar-refractivity contribution in [2.75, 3.05) is 11.4 Å². The van der Waals surface area contributed by atoms with E-state index in [9.17, 15) is 4.79 Å². The van der Waals surface area contributed by atoms with Gasteiger partial charge in [0.2, 0.25) is 5.91 Å². The third kappa shape index (κ3) is 2.21. The van der Waals surface area contributed by atoms with Gasteiger partial charge in [0.05, 0.1) is 0 Å². The van der Waals surface area contributed by atoms with Crippen LogP contribution in [0.4, 0.5) is 5.69 Å². The molecular formula is C11H12BrNOS. The molecular weight excluding hydrogens is 274 g/mol. The van der Waals surface area contributed by atoms with E-state index in [0.29, 0.717) is 13.0 Å². The number of halogens is 1. The number of benzene rings is 1. The fourth-order valence-electron chi connectivity index (χ4n) is 1.74. The maximum absolute atomic E-state index is 11.6. The second kappa shape index (κ2) is 4.18. The maximum Gasteiger partial charge on any atom is 0.228 e. The minimum absolute atomic E-state index is 0.164. The summed E-state index contributed by atoms with van der Waals surface area (Å²) in [6.45, 7) is 2.73. The van der Waals surface area contributed by atoms with Crippen molar-refractivity contribution >= 4 is 40.2 Å². The molecule has 1 unspecified atom stereocenters. The SMILES string of the molecule is Cc1cc(N2CC(S)CC2=O)ccc1Br. The number of thiol groups is 1. The largest absolute Gasteiger partial charge is 0.311 e. The summed E-state index contributed by atoms with van der Waals surface area (Å²) < 4.78 is 1.07. The molecule has 1 aliphatic rings. The van der Waals surface area contributed by atoms with Crippen molar-refractivity contribution in [2.24, 2.45) is 0 Å². The Hall–Kier alpha value is -0.480. The third-order valence-electron chi connectivity index (χ3n) is 2.56. The van der Waals surface area contributed by atoms with Crippen LogP contribution >= 0.6 is 28.6 Å². The number of aryl methyl sites for hydroxylation is 1. The number of hydrogen-bond donors (Lipinski definition) is 1. The number of amides is 1. The summed E-state index contributed by atoms with van der Waals surface area (Å²) in [7, 11) is 0. The van der Waals surface area contributed by atoms with Crippen LogP contribution in [0.3, 0.4) is 0 Å². The number of carbonyl (C=O) groups is 1. The molecule has 0 saturated carbocycles. The van der Waals surface area contributed by atoms with E-state index >= 15 is 0 Å². The van der Waals surface area contributed by atoms with E-state index in [0.717, 1.165) is 15.7 Å². The lowest BCUT2D eigenvalue weighted by Crippen LogP contribution is -2.24. The summed E-state index contributed by atoms with van der Waals surface area (Å²) in [5.74, 6) is 0.164. The van der Waals surface area contributed by atoms with Crippen LogP contribution in [-0.2, 0) is 4.79 Å². The molecule has 0 radical (unpaired) electrons. The quantitative estimate of drug-likeness (QED) is 0.787. The smallest absolute Gasteiger partial charge is 0.228 e. The van der Waals surface area contributed by atoms with Gasteiger partial charge in [0.25, 0.3) is 0 Å². The Morgan fingerprint density at radius 1 is 1.53 bits per heavy atom. The van der Waals surface area contributed by atoms with Gasteiger partial charge in [-0.25, -0.2) is 0 Å². The fraction of sp³-hybridized carbons (Fsp3) is 0.364. The Morgan fingerprint density at radius 3 is 2.80 bits per heavy atom. The molecule has 2 rings (SSSR count). The number of nitrogens with zero attached hydrogens (tertiary/aromatic N) is 1. The molecule has 0 spiro atoms. The number of hydrogen-bond acceptors (Lipinski definition) is 2. The van der Waals surface area contributed by atoms with E-state index in [2.05, 4.69) is 28.6 Å². The predicted octanol–water partition coefficient (Wildman–Crippen LogP) is 2.79. The summed E-state index contributed by atoms with van der Waals surface area (Å²) in [6.07, 6.45) is 0.540. The van der Waals surface area contributed by atoms with Gasteiger partial charge in [-0.15, -0.1) is 0 Å². The molecule has 0 aromatic heterocycles. The summed E-state index contributed by atoms with van der Waals surface area (Å²) in [4.78, 5) is 13.4. The number of carbonyl (C=O) groups excluding carboxylic acids is 1. The molecule has 80 valence electrons. The van der Waals surface area contributed by atoms with E-state index in [4.69, 9.17) is 0 Å². The zero-order valence-electron chi connectivity index (χ0n) is 8.40. The minimum atomic E-state index is 0.164. The fourth-order valence-corrected chi connectivity index (χ4v) is 2.30. The van der Waals surface area contributed by atoms with Gasteiger partial charge >= 0.3 is 0 Å². The molecule has 1 aliphatic heterocycles. The van der Waals surface area contributed by atoms with Crippen LogP contribution in [0, 0.1) is 6.92 Å². The molecule has 1 amide bonds. The highest BCUT2D eigenvalue weighted by molar-refractivity contribution is 9.10. The number of rotatable bonds is 1. The Bertz CT molecular complexity index is 408. The van der Waals surface area contributed by atoms with Crippen LogP contribution < -0.4 is 4.90 Å². The zero-order valence-corrected chi connectivity index (χ0v) is 10.9. The van der Waals surface area contributed by atoms with Crippen molar-refractivity contribution < 1.29 is 4.79 Å². The van der Waals surface area contributed by atoms with E-state index in [1.54, 1.807) is 4.90 Å². The first-order chi connectivity index (χ1) is 7.08. The van der Waals surface area contributed by atoms with Crippen LogP contribution in [-0.4, -0.2) is 17.7 Å². The van der Waals surface area contributed by atoms with Gasteiger partial charge in [-0.3, -0.25) is 4.79 Å². The van der Waals surface area contributed by atoms with Gasteiger partial charge < -0.3 is 4.90 Å². The summed E-state index contributed by atoms with van der Waals surface area (Å²) >= 11 is 7.78. The standard InChI is InChI=1S/C11H12BrNOS/c1-7-4-8(2-3-10(7)12)13-6-9(15)5-11(13)14/h2-4,9,15H,5-6H2,1H3. The van der Waals surface area contributed by atoms with Crippen molar-refractivity contribution in [1.82, 2.24) is 0 Å². The first-order valence-electron chi connectivity index (χ1n) is 4.82. The van der Waals surface area contributed by atoms with Gasteiger partial charge in [-0.05, 0) is 30.7 Å². The Morgan fingerprint density at radius 2 is 2.27 bits per heavy atom. The van der Waals surface area contributed by atoms with Crippen molar-refractivity contribution in [2.45, 2.75) is 18.6 Å². The molecule has 1 heterocycles. The average Bonchev–Trinajstić information content (AvgIpc) is 2.50.